The highest BCUT2D eigenvalue weighted by Gasteiger charge is 2.20. The Hall–Kier alpha value is -7.20. The molecule has 9 aromatic carbocycles. The Morgan fingerprint density at radius 3 is 1.35 bits per heavy atom. The number of benzene rings is 9. The van der Waals surface area contributed by atoms with Gasteiger partial charge in [0.05, 0.1) is 0 Å². The average molecular weight is 746 g/mol. The molecule has 0 fully saturated rings. The van der Waals surface area contributed by atoms with Crippen molar-refractivity contribution in [2.75, 3.05) is 4.90 Å². The van der Waals surface area contributed by atoms with Crippen molar-refractivity contribution >= 4 is 70.5 Å². The lowest BCUT2D eigenvalue weighted by Crippen LogP contribution is -2.09. The van der Waals surface area contributed by atoms with Crippen LogP contribution in [0.2, 0.25) is 0 Å². The SMILES string of the molecule is c1ccc(-c2ccc(N(c3ccc(-c4ccccc4)cc3)c3ccc(-c4cc(-c5ccccc5)c5c(c4)sc4ccc6oc7ccccc7c6c45)cc3)cc2)cc1. The summed E-state index contributed by atoms with van der Waals surface area (Å²) in [5, 5.41) is 4.90. The molecule has 11 rings (SSSR count). The predicted molar refractivity (Wildman–Crippen MR) is 243 cm³/mol. The van der Waals surface area contributed by atoms with E-state index in [9.17, 15) is 0 Å². The van der Waals surface area contributed by atoms with Gasteiger partial charge in [0.25, 0.3) is 0 Å². The monoisotopic (exact) mass is 745 g/mol. The van der Waals surface area contributed by atoms with Gasteiger partial charge < -0.3 is 9.32 Å². The largest absolute Gasteiger partial charge is 0.456 e. The molecule has 3 heteroatoms. The number of para-hydroxylation sites is 1. The second-order valence-electron chi connectivity index (χ2n) is 14.5. The third kappa shape index (κ3) is 5.88. The van der Waals surface area contributed by atoms with Gasteiger partial charge in [-0.3, -0.25) is 0 Å². The van der Waals surface area contributed by atoms with Crippen LogP contribution in [0.4, 0.5) is 17.1 Å². The third-order valence-corrected chi connectivity index (χ3v) is 12.2. The molecule has 0 saturated heterocycles. The zero-order valence-electron chi connectivity index (χ0n) is 31.0. The van der Waals surface area contributed by atoms with Crippen molar-refractivity contribution in [1.82, 2.24) is 0 Å². The van der Waals surface area contributed by atoms with Crippen molar-refractivity contribution in [1.29, 1.82) is 0 Å². The second-order valence-corrected chi connectivity index (χ2v) is 15.6. The van der Waals surface area contributed by atoms with Gasteiger partial charge in [-0.2, -0.15) is 0 Å². The summed E-state index contributed by atoms with van der Waals surface area (Å²) in [5.41, 5.74) is 14.8. The van der Waals surface area contributed by atoms with Gasteiger partial charge in [0.2, 0.25) is 0 Å². The van der Waals surface area contributed by atoms with E-state index in [1.807, 2.05) is 17.4 Å². The van der Waals surface area contributed by atoms with E-state index >= 15 is 0 Å². The van der Waals surface area contributed by atoms with Crippen molar-refractivity contribution < 1.29 is 4.42 Å². The zero-order chi connectivity index (χ0) is 37.7. The van der Waals surface area contributed by atoms with Gasteiger partial charge >= 0.3 is 0 Å². The Morgan fingerprint density at radius 2 is 0.789 bits per heavy atom. The minimum Gasteiger partial charge on any atom is -0.456 e. The van der Waals surface area contributed by atoms with E-state index in [1.54, 1.807) is 0 Å². The first kappa shape index (κ1) is 33.2. The Kier molecular flexibility index (Phi) is 8.04. The Labute approximate surface area is 335 Å². The van der Waals surface area contributed by atoms with Crippen molar-refractivity contribution in [2.24, 2.45) is 0 Å². The van der Waals surface area contributed by atoms with Gasteiger partial charge in [0.15, 0.2) is 0 Å². The van der Waals surface area contributed by atoms with Crippen molar-refractivity contribution in [3.8, 4) is 44.5 Å². The fourth-order valence-electron chi connectivity index (χ4n) is 8.33. The molecule has 57 heavy (non-hydrogen) atoms. The van der Waals surface area contributed by atoms with Crippen LogP contribution in [0, 0.1) is 0 Å². The van der Waals surface area contributed by atoms with Gasteiger partial charge in [0, 0.05) is 48.0 Å². The summed E-state index contributed by atoms with van der Waals surface area (Å²) in [6.07, 6.45) is 0. The lowest BCUT2D eigenvalue weighted by Gasteiger charge is -2.26. The number of hydrogen-bond acceptors (Lipinski definition) is 3. The lowest BCUT2D eigenvalue weighted by atomic mass is 9.93. The molecule has 0 radical (unpaired) electrons. The highest BCUT2D eigenvalue weighted by Crippen LogP contribution is 2.48. The molecule has 0 atom stereocenters. The number of fused-ring (bicyclic) bond motifs is 7. The molecule has 0 aliphatic carbocycles. The maximum atomic E-state index is 6.36. The molecule has 0 bridgehead atoms. The highest BCUT2D eigenvalue weighted by atomic mass is 32.1. The molecule has 0 aliphatic heterocycles. The van der Waals surface area contributed by atoms with E-state index in [2.05, 4.69) is 211 Å². The molecule has 0 unspecified atom stereocenters. The summed E-state index contributed by atoms with van der Waals surface area (Å²) in [6, 6.07) is 76.2. The van der Waals surface area contributed by atoms with Gasteiger partial charge in [0.1, 0.15) is 11.2 Å². The quantitative estimate of drug-likeness (QED) is 0.162. The van der Waals surface area contributed by atoms with Gasteiger partial charge in [-0.1, -0.05) is 146 Å². The standard InChI is InChI=1S/C54H35NOS/c1-4-12-36(13-5-1)38-20-26-43(27-21-38)55(44-28-22-39(23-29-44)37-14-6-2-7-15-37)45-30-24-40(25-31-45)42-34-47(41-16-8-3-9-17-41)53-51(35-42)57-50-33-32-49-52(54(50)53)46-18-10-11-19-48(46)56-49/h1-35H. The Morgan fingerprint density at radius 1 is 0.316 bits per heavy atom. The molecule has 2 heterocycles. The topological polar surface area (TPSA) is 16.4 Å². The third-order valence-electron chi connectivity index (χ3n) is 11.1. The van der Waals surface area contributed by atoms with E-state index in [4.69, 9.17) is 4.42 Å². The van der Waals surface area contributed by atoms with E-state index in [1.165, 1.54) is 70.1 Å². The van der Waals surface area contributed by atoms with E-state index in [-0.39, 0.29) is 0 Å². The molecular formula is C54H35NOS. The number of nitrogens with zero attached hydrogens (tertiary/aromatic N) is 1. The first-order valence-corrected chi connectivity index (χ1v) is 20.1. The number of thiophene rings is 1. The van der Waals surface area contributed by atoms with Crippen molar-refractivity contribution in [3.05, 3.63) is 212 Å². The molecule has 11 aromatic rings. The van der Waals surface area contributed by atoms with Crippen LogP contribution in [0.1, 0.15) is 0 Å². The zero-order valence-corrected chi connectivity index (χ0v) is 31.8. The summed E-state index contributed by atoms with van der Waals surface area (Å²) < 4.78 is 8.89. The lowest BCUT2D eigenvalue weighted by molar-refractivity contribution is 0.669. The summed E-state index contributed by atoms with van der Waals surface area (Å²) in [4.78, 5) is 2.35. The molecular weight excluding hydrogens is 711 g/mol. The minimum absolute atomic E-state index is 0.922. The van der Waals surface area contributed by atoms with E-state index in [0.29, 0.717) is 0 Å². The van der Waals surface area contributed by atoms with E-state index < -0.39 is 0 Å². The number of furan rings is 1. The number of anilines is 3. The fraction of sp³-hybridized carbons (Fsp3) is 0. The normalized spacial score (nSPS) is 11.5. The molecule has 0 saturated carbocycles. The molecule has 268 valence electrons. The summed E-state index contributed by atoms with van der Waals surface area (Å²) in [6.45, 7) is 0. The first-order chi connectivity index (χ1) is 28.2. The summed E-state index contributed by atoms with van der Waals surface area (Å²) in [7, 11) is 0. The van der Waals surface area contributed by atoms with E-state index in [0.717, 1.165) is 33.6 Å². The van der Waals surface area contributed by atoms with Crippen LogP contribution in [-0.4, -0.2) is 0 Å². The molecule has 2 aromatic heterocycles. The minimum atomic E-state index is 0.922. The Bertz CT molecular complexity index is 3100. The molecule has 2 nitrogen and oxygen atoms in total. The summed E-state index contributed by atoms with van der Waals surface area (Å²) >= 11 is 1.86. The van der Waals surface area contributed by atoms with Crippen LogP contribution in [-0.2, 0) is 0 Å². The average Bonchev–Trinajstić information content (AvgIpc) is 3.86. The van der Waals surface area contributed by atoms with Crippen LogP contribution in [0.15, 0.2) is 217 Å². The van der Waals surface area contributed by atoms with Gasteiger partial charge in [-0.05, 0) is 111 Å². The van der Waals surface area contributed by atoms with Crippen molar-refractivity contribution in [2.45, 2.75) is 0 Å². The van der Waals surface area contributed by atoms with Crippen LogP contribution in [0.5, 0.6) is 0 Å². The summed E-state index contributed by atoms with van der Waals surface area (Å²) in [5.74, 6) is 0. The van der Waals surface area contributed by atoms with Crippen LogP contribution >= 0.6 is 11.3 Å². The number of rotatable bonds is 7. The highest BCUT2D eigenvalue weighted by molar-refractivity contribution is 7.26. The second kappa shape index (κ2) is 13.8. The first-order valence-electron chi connectivity index (χ1n) is 19.3. The fourth-order valence-corrected chi connectivity index (χ4v) is 9.51. The maximum absolute atomic E-state index is 6.36. The predicted octanol–water partition coefficient (Wildman–Crippen LogP) is 16.1. The number of hydrogen-bond donors (Lipinski definition) is 0. The van der Waals surface area contributed by atoms with Crippen molar-refractivity contribution in [3.63, 3.8) is 0 Å². The van der Waals surface area contributed by atoms with Gasteiger partial charge in [-0.25, -0.2) is 0 Å². The molecule has 0 N–H and O–H groups in total. The van der Waals surface area contributed by atoms with Crippen LogP contribution in [0.25, 0.3) is 86.6 Å². The molecule has 0 spiro atoms. The smallest absolute Gasteiger partial charge is 0.136 e. The molecule has 0 aliphatic rings. The Balaban J connectivity index is 1.03. The van der Waals surface area contributed by atoms with Crippen LogP contribution < -0.4 is 4.90 Å². The van der Waals surface area contributed by atoms with Gasteiger partial charge in [-0.15, -0.1) is 11.3 Å². The maximum Gasteiger partial charge on any atom is 0.136 e. The van der Waals surface area contributed by atoms with Crippen LogP contribution in [0.3, 0.4) is 0 Å². The molecule has 0 amide bonds.